The largest absolute Gasteiger partial charge is 0.493 e. The molecule has 4 rings (SSSR count). The van der Waals surface area contributed by atoms with Gasteiger partial charge >= 0.3 is 0 Å². The van der Waals surface area contributed by atoms with Gasteiger partial charge in [-0.2, -0.15) is 0 Å². The van der Waals surface area contributed by atoms with Gasteiger partial charge in [-0.1, -0.05) is 0 Å². The molecule has 0 saturated heterocycles. The number of ether oxygens (including phenoxy) is 2. The molecule has 0 aliphatic carbocycles. The van der Waals surface area contributed by atoms with Gasteiger partial charge in [0.1, 0.15) is 24.6 Å². The molecular formula is C18H16ClN5O2. The van der Waals surface area contributed by atoms with E-state index in [1.54, 1.807) is 30.4 Å². The second kappa shape index (κ2) is 6.68. The van der Waals surface area contributed by atoms with E-state index in [-0.39, 0.29) is 0 Å². The second-order valence-corrected chi connectivity index (χ2v) is 5.99. The van der Waals surface area contributed by atoms with Crippen LogP contribution in [-0.2, 0) is 0 Å². The number of aromatic nitrogens is 4. The number of hydrogen-bond donors (Lipinski definition) is 1. The summed E-state index contributed by atoms with van der Waals surface area (Å²) in [6, 6.07) is 5.69. The van der Waals surface area contributed by atoms with Crippen molar-refractivity contribution in [2.45, 2.75) is 0 Å². The summed E-state index contributed by atoms with van der Waals surface area (Å²) < 4.78 is 12.9. The van der Waals surface area contributed by atoms with E-state index < -0.39 is 0 Å². The Balaban J connectivity index is 1.98. The Labute approximate surface area is 154 Å². The molecule has 0 fully saturated rings. The van der Waals surface area contributed by atoms with Crippen LogP contribution in [0.5, 0.6) is 11.5 Å². The van der Waals surface area contributed by atoms with Crippen LogP contribution >= 0.6 is 11.6 Å². The number of nitrogens with zero attached hydrogens (tertiary/aromatic N) is 4. The van der Waals surface area contributed by atoms with Crippen molar-refractivity contribution in [1.29, 1.82) is 0 Å². The highest BCUT2D eigenvalue weighted by atomic mass is 35.5. The van der Waals surface area contributed by atoms with E-state index in [1.807, 2.05) is 24.4 Å². The van der Waals surface area contributed by atoms with Crippen LogP contribution in [0.2, 0.25) is 0 Å². The molecule has 0 saturated carbocycles. The van der Waals surface area contributed by atoms with E-state index in [0.29, 0.717) is 35.6 Å². The fraction of sp³-hybridized carbons (Fsp3) is 0.167. The zero-order chi connectivity index (χ0) is 18.1. The first-order valence-electron chi connectivity index (χ1n) is 7.95. The van der Waals surface area contributed by atoms with Crippen LogP contribution in [0, 0.1) is 0 Å². The van der Waals surface area contributed by atoms with Gasteiger partial charge in [-0.3, -0.25) is 9.55 Å². The lowest BCUT2D eigenvalue weighted by Gasteiger charge is -2.13. The van der Waals surface area contributed by atoms with Crippen LogP contribution in [0.1, 0.15) is 0 Å². The van der Waals surface area contributed by atoms with Gasteiger partial charge < -0.3 is 15.2 Å². The summed E-state index contributed by atoms with van der Waals surface area (Å²) in [7, 11) is 1.60. The summed E-state index contributed by atoms with van der Waals surface area (Å²) in [5.41, 5.74) is 6.93. The average molecular weight is 370 g/mol. The van der Waals surface area contributed by atoms with Crippen LogP contribution in [0.3, 0.4) is 0 Å². The third kappa shape index (κ3) is 2.76. The first-order valence-corrected chi connectivity index (χ1v) is 8.49. The maximum absolute atomic E-state index is 6.16. The van der Waals surface area contributed by atoms with E-state index in [0.717, 1.165) is 21.7 Å². The lowest BCUT2D eigenvalue weighted by Crippen LogP contribution is -2.02. The number of anilines is 1. The topological polar surface area (TPSA) is 88.1 Å². The predicted molar refractivity (Wildman–Crippen MR) is 101 cm³/mol. The number of alkyl halides is 1. The number of halogens is 1. The molecule has 0 radical (unpaired) electrons. The number of rotatable bonds is 5. The Hall–Kier alpha value is -3.06. The maximum Gasteiger partial charge on any atom is 0.163 e. The lowest BCUT2D eigenvalue weighted by atomic mass is 10.1. The quantitative estimate of drug-likeness (QED) is 0.429. The summed E-state index contributed by atoms with van der Waals surface area (Å²) in [4.78, 5) is 13.0. The Morgan fingerprint density at radius 2 is 2.04 bits per heavy atom. The SMILES string of the molecule is COc1cc2c(cc1OCCCl)ncc1c(N)nc(-n3ccnc3)cc12. The van der Waals surface area contributed by atoms with E-state index >= 15 is 0 Å². The zero-order valence-corrected chi connectivity index (χ0v) is 14.8. The Kier molecular flexibility index (Phi) is 4.22. The van der Waals surface area contributed by atoms with Crippen molar-refractivity contribution < 1.29 is 9.47 Å². The van der Waals surface area contributed by atoms with Crippen molar-refractivity contribution in [3.8, 4) is 17.3 Å². The molecule has 0 aliphatic rings. The van der Waals surface area contributed by atoms with Crippen LogP contribution in [0.25, 0.3) is 27.5 Å². The molecule has 26 heavy (non-hydrogen) atoms. The maximum atomic E-state index is 6.16. The minimum absolute atomic E-state index is 0.388. The molecule has 0 aliphatic heterocycles. The highest BCUT2D eigenvalue weighted by Crippen LogP contribution is 2.36. The van der Waals surface area contributed by atoms with E-state index in [1.165, 1.54) is 0 Å². The van der Waals surface area contributed by atoms with Gasteiger partial charge in [0.25, 0.3) is 0 Å². The monoisotopic (exact) mass is 369 g/mol. The number of methoxy groups -OCH3 is 1. The van der Waals surface area contributed by atoms with Gasteiger partial charge in [0.05, 0.1) is 18.5 Å². The summed E-state index contributed by atoms with van der Waals surface area (Å²) >= 11 is 5.72. The van der Waals surface area contributed by atoms with E-state index in [9.17, 15) is 0 Å². The zero-order valence-electron chi connectivity index (χ0n) is 14.0. The van der Waals surface area contributed by atoms with Crippen LogP contribution in [-0.4, -0.2) is 39.1 Å². The predicted octanol–water partition coefficient (Wildman–Crippen LogP) is 3.18. The van der Waals surface area contributed by atoms with Crippen LogP contribution in [0.4, 0.5) is 5.82 Å². The number of fused-ring (bicyclic) bond motifs is 3. The first kappa shape index (κ1) is 16.4. The second-order valence-electron chi connectivity index (χ2n) is 5.61. The van der Waals surface area contributed by atoms with Gasteiger partial charge in [-0.15, -0.1) is 11.6 Å². The Bertz CT molecular complexity index is 1080. The minimum atomic E-state index is 0.388. The fourth-order valence-corrected chi connectivity index (χ4v) is 2.95. The number of nitrogens with two attached hydrogens (primary N) is 1. The molecule has 3 heterocycles. The van der Waals surface area contributed by atoms with Gasteiger partial charge in [0.15, 0.2) is 11.5 Å². The lowest BCUT2D eigenvalue weighted by molar-refractivity contribution is 0.313. The molecule has 0 spiro atoms. The third-order valence-corrected chi connectivity index (χ3v) is 4.24. The van der Waals surface area contributed by atoms with Crippen molar-refractivity contribution in [2.75, 3.05) is 25.3 Å². The Morgan fingerprint density at radius 3 is 2.77 bits per heavy atom. The summed E-state index contributed by atoms with van der Waals surface area (Å²) in [6.07, 6.45) is 6.90. The van der Waals surface area contributed by atoms with E-state index in [2.05, 4.69) is 15.0 Å². The van der Waals surface area contributed by atoms with E-state index in [4.69, 9.17) is 26.8 Å². The molecule has 4 aromatic rings. The van der Waals surface area contributed by atoms with Gasteiger partial charge in [0.2, 0.25) is 0 Å². The smallest absolute Gasteiger partial charge is 0.163 e. The molecule has 0 amide bonds. The molecule has 0 atom stereocenters. The third-order valence-electron chi connectivity index (χ3n) is 4.08. The van der Waals surface area contributed by atoms with Gasteiger partial charge in [-0.05, 0) is 12.1 Å². The standard InChI is InChI=1S/C18H16ClN5O2/c1-25-15-6-12-11-7-17(24-4-3-21-10-24)23-18(20)13(11)9-22-14(12)8-16(15)26-5-2-19/h3-4,6-10H,2,5H2,1H3,(H2,20,23). The Morgan fingerprint density at radius 1 is 1.15 bits per heavy atom. The highest BCUT2D eigenvalue weighted by molar-refractivity contribution is 6.18. The molecule has 2 N–H and O–H groups in total. The minimum Gasteiger partial charge on any atom is -0.493 e. The number of hydrogen-bond acceptors (Lipinski definition) is 6. The number of nitrogen functional groups attached to an aromatic ring is 1. The first-order chi connectivity index (χ1) is 12.7. The number of benzene rings is 1. The van der Waals surface area contributed by atoms with Crippen molar-refractivity contribution >= 4 is 39.1 Å². The van der Waals surface area contributed by atoms with Gasteiger partial charge in [-0.25, -0.2) is 9.97 Å². The molecule has 7 nitrogen and oxygen atoms in total. The molecule has 132 valence electrons. The molecule has 3 aromatic heterocycles. The van der Waals surface area contributed by atoms with Crippen LogP contribution < -0.4 is 15.2 Å². The van der Waals surface area contributed by atoms with Crippen molar-refractivity contribution in [2.24, 2.45) is 0 Å². The molecule has 8 heteroatoms. The van der Waals surface area contributed by atoms with Gasteiger partial charge in [0, 0.05) is 40.8 Å². The number of imidazole rings is 1. The summed E-state index contributed by atoms with van der Waals surface area (Å²) in [6.45, 7) is 0.388. The molecule has 0 unspecified atom stereocenters. The van der Waals surface area contributed by atoms with Crippen molar-refractivity contribution in [1.82, 2.24) is 19.5 Å². The molecular weight excluding hydrogens is 354 g/mol. The summed E-state index contributed by atoms with van der Waals surface area (Å²) in [5.74, 6) is 2.69. The van der Waals surface area contributed by atoms with Crippen molar-refractivity contribution in [3.63, 3.8) is 0 Å². The normalized spacial score (nSPS) is 11.2. The number of pyridine rings is 2. The molecule has 1 aromatic carbocycles. The highest BCUT2D eigenvalue weighted by Gasteiger charge is 2.13. The summed E-state index contributed by atoms with van der Waals surface area (Å²) in [5, 5.41) is 2.60. The van der Waals surface area contributed by atoms with Crippen LogP contribution in [0.15, 0.2) is 43.1 Å². The fourth-order valence-electron chi connectivity index (χ4n) is 2.87. The van der Waals surface area contributed by atoms with Crippen molar-refractivity contribution in [3.05, 3.63) is 43.1 Å². The average Bonchev–Trinajstić information content (AvgIpc) is 3.20. The molecule has 0 bridgehead atoms.